The number of carbonyl (C=O) groups excluding carboxylic acids is 1. The molecular weight excluding hydrogens is 402 g/mol. The lowest BCUT2D eigenvalue weighted by Gasteiger charge is -2.30. The van der Waals surface area contributed by atoms with E-state index in [1.54, 1.807) is 24.3 Å². The molecule has 0 bridgehead atoms. The first-order valence-corrected chi connectivity index (χ1v) is 11.3. The van der Waals surface area contributed by atoms with E-state index < -0.39 is 9.84 Å². The predicted octanol–water partition coefficient (Wildman–Crippen LogP) is 3.18. The largest absolute Gasteiger partial charge is 0.419 e. The summed E-state index contributed by atoms with van der Waals surface area (Å²) < 4.78 is 32.8. The van der Waals surface area contributed by atoms with Crippen LogP contribution >= 0.6 is 0 Å². The molecule has 1 fully saturated rings. The average Bonchev–Trinajstić information content (AvgIpc) is 3.21. The van der Waals surface area contributed by atoms with Crippen LogP contribution in [0.1, 0.15) is 18.4 Å². The number of nitrogens with zero attached hydrogens (tertiary/aromatic N) is 2. The number of hydrogen-bond donors (Lipinski definition) is 1. The van der Waals surface area contributed by atoms with Crippen molar-refractivity contribution in [3.63, 3.8) is 0 Å². The summed E-state index contributed by atoms with van der Waals surface area (Å²) in [5, 5.41) is -0.109. The SMILES string of the molecule is Cc1ccc(S(=O)(=O)c2nc(-c3ccccc3)oc2N2CCC(C(N)=O)CC2)cc1. The van der Waals surface area contributed by atoms with Crippen LogP contribution in [0.4, 0.5) is 5.88 Å². The first-order valence-electron chi connectivity index (χ1n) is 9.78. The van der Waals surface area contributed by atoms with Gasteiger partial charge in [-0.2, -0.15) is 4.98 Å². The lowest BCUT2D eigenvalue weighted by Crippen LogP contribution is -2.38. The van der Waals surface area contributed by atoms with Crippen molar-refractivity contribution >= 4 is 21.6 Å². The number of hydrogen-bond acceptors (Lipinski definition) is 6. The summed E-state index contributed by atoms with van der Waals surface area (Å²) in [6.45, 7) is 2.83. The van der Waals surface area contributed by atoms with Gasteiger partial charge >= 0.3 is 0 Å². The number of sulfone groups is 1. The highest BCUT2D eigenvalue weighted by Crippen LogP contribution is 2.36. The van der Waals surface area contributed by atoms with E-state index in [2.05, 4.69) is 4.98 Å². The minimum Gasteiger partial charge on any atom is -0.419 e. The molecule has 4 rings (SSSR count). The van der Waals surface area contributed by atoms with E-state index in [1.807, 2.05) is 42.2 Å². The second kappa shape index (κ2) is 7.95. The molecule has 1 saturated heterocycles. The number of piperidine rings is 1. The van der Waals surface area contributed by atoms with Crippen molar-refractivity contribution in [2.24, 2.45) is 11.7 Å². The quantitative estimate of drug-likeness (QED) is 0.673. The van der Waals surface area contributed by atoms with Gasteiger partial charge in [-0.05, 0) is 44.0 Å². The Labute approximate surface area is 175 Å². The number of oxazole rings is 1. The molecule has 0 spiro atoms. The lowest BCUT2D eigenvalue weighted by molar-refractivity contribution is -0.122. The predicted molar refractivity (Wildman–Crippen MR) is 113 cm³/mol. The average molecular weight is 426 g/mol. The number of anilines is 1. The van der Waals surface area contributed by atoms with Crippen molar-refractivity contribution in [3.8, 4) is 11.5 Å². The topological polar surface area (TPSA) is 106 Å². The van der Waals surface area contributed by atoms with Crippen LogP contribution in [-0.4, -0.2) is 32.4 Å². The van der Waals surface area contributed by atoms with Crippen LogP contribution in [0.3, 0.4) is 0 Å². The molecule has 1 aliphatic rings. The van der Waals surface area contributed by atoms with Gasteiger partial charge in [-0.25, -0.2) is 8.42 Å². The summed E-state index contributed by atoms with van der Waals surface area (Å²) >= 11 is 0. The number of primary amides is 1. The maximum Gasteiger partial charge on any atom is 0.236 e. The fourth-order valence-electron chi connectivity index (χ4n) is 3.57. The first kappa shape index (κ1) is 20.2. The van der Waals surface area contributed by atoms with Crippen molar-refractivity contribution < 1.29 is 17.6 Å². The normalized spacial score (nSPS) is 15.3. The summed E-state index contributed by atoms with van der Waals surface area (Å²) in [7, 11) is -3.89. The zero-order chi connectivity index (χ0) is 21.3. The third-order valence-corrected chi connectivity index (χ3v) is 7.04. The maximum absolute atomic E-state index is 13.4. The van der Waals surface area contributed by atoms with Gasteiger partial charge in [-0.1, -0.05) is 35.9 Å². The Kier molecular flexibility index (Phi) is 5.34. The third kappa shape index (κ3) is 3.82. The van der Waals surface area contributed by atoms with Gasteiger partial charge in [0.15, 0.2) is 0 Å². The van der Waals surface area contributed by atoms with Crippen molar-refractivity contribution in [1.29, 1.82) is 0 Å². The molecule has 0 saturated carbocycles. The van der Waals surface area contributed by atoms with Crippen LogP contribution in [0.25, 0.3) is 11.5 Å². The summed E-state index contributed by atoms with van der Waals surface area (Å²) in [5.41, 5.74) is 7.09. The standard InChI is InChI=1S/C22H23N3O4S/c1-15-7-9-18(10-8-15)30(27,28)21-22(25-13-11-16(12-14-25)19(23)26)29-20(24-21)17-5-3-2-4-6-17/h2-10,16H,11-14H2,1H3,(H2,23,26). The number of rotatable bonds is 5. The molecule has 0 unspecified atom stereocenters. The Bertz CT molecular complexity index is 1150. The van der Waals surface area contributed by atoms with E-state index in [1.165, 1.54) is 0 Å². The van der Waals surface area contributed by atoms with Crippen LogP contribution in [0.5, 0.6) is 0 Å². The van der Waals surface area contributed by atoms with E-state index >= 15 is 0 Å². The second-order valence-electron chi connectivity index (χ2n) is 7.48. The Balaban J connectivity index is 1.78. The Morgan fingerprint density at radius 2 is 1.70 bits per heavy atom. The molecular formula is C22H23N3O4S. The Morgan fingerprint density at radius 3 is 2.30 bits per heavy atom. The lowest BCUT2D eigenvalue weighted by atomic mass is 9.96. The summed E-state index contributed by atoms with van der Waals surface area (Å²) in [5.74, 6) is -0.0923. The molecule has 0 aliphatic carbocycles. The van der Waals surface area contributed by atoms with Gasteiger partial charge in [0.2, 0.25) is 32.5 Å². The molecule has 2 aromatic carbocycles. The minimum atomic E-state index is -3.89. The zero-order valence-electron chi connectivity index (χ0n) is 16.6. The fourth-order valence-corrected chi connectivity index (χ4v) is 4.89. The summed E-state index contributed by atoms with van der Waals surface area (Å²) in [4.78, 5) is 17.9. The van der Waals surface area contributed by atoms with E-state index in [9.17, 15) is 13.2 Å². The van der Waals surface area contributed by atoms with Crippen molar-refractivity contribution in [2.45, 2.75) is 29.7 Å². The molecule has 156 valence electrons. The Morgan fingerprint density at radius 1 is 1.07 bits per heavy atom. The zero-order valence-corrected chi connectivity index (χ0v) is 17.4. The van der Waals surface area contributed by atoms with Crippen LogP contribution in [0.15, 0.2) is 68.9 Å². The highest BCUT2D eigenvalue weighted by atomic mass is 32.2. The molecule has 7 nitrogen and oxygen atoms in total. The third-order valence-electron chi connectivity index (χ3n) is 5.37. The first-order chi connectivity index (χ1) is 14.4. The minimum absolute atomic E-state index is 0.109. The maximum atomic E-state index is 13.4. The van der Waals surface area contributed by atoms with E-state index in [0.717, 1.165) is 5.56 Å². The molecule has 2 heterocycles. The van der Waals surface area contributed by atoms with Crippen molar-refractivity contribution in [3.05, 3.63) is 60.2 Å². The highest BCUT2D eigenvalue weighted by Gasteiger charge is 2.33. The van der Waals surface area contributed by atoms with Gasteiger partial charge in [-0.3, -0.25) is 4.79 Å². The van der Waals surface area contributed by atoms with Crippen LogP contribution in [0.2, 0.25) is 0 Å². The van der Waals surface area contributed by atoms with Gasteiger partial charge in [0.25, 0.3) is 0 Å². The number of amides is 1. The van der Waals surface area contributed by atoms with Crippen LogP contribution in [-0.2, 0) is 14.6 Å². The molecule has 8 heteroatoms. The fraction of sp³-hybridized carbons (Fsp3) is 0.273. The van der Waals surface area contributed by atoms with Gasteiger partial charge in [0, 0.05) is 24.6 Å². The van der Waals surface area contributed by atoms with E-state index in [4.69, 9.17) is 10.2 Å². The number of aryl methyl sites for hydroxylation is 1. The van der Waals surface area contributed by atoms with Crippen LogP contribution < -0.4 is 10.6 Å². The van der Waals surface area contributed by atoms with Crippen molar-refractivity contribution in [2.75, 3.05) is 18.0 Å². The molecule has 30 heavy (non-hydrogen) atoms. The van der Waals surface area contributed by atoms with Crippen LogP contribution in [0, 0.1) is 12.8 Å². The summed E-state index contributed by atoms with van der Waals surface area (Å²) in [6.07, 6.45) is 1.08. The number of aromatic nitrogens is 1. The number of carbonyl (C=O) groups is 1. The highest BCUT2D eigenvalue weighted by molar-refractivity contribution is 7.91. The molecule has 0 atom stereocenters. The molecule has 1 amide bonds. The summed E-state index contributed by atoms with van der Waals surface area (Å²) in [6, 6.07) is 15.8. The van der Waals surface area contributed by atoms with E-state index in [-0.39, 0.29) is 33.5 Å². The van der Waals surface area contributed by atoms with Gasteiger partial charge in [0.05, 0.1) is 4.90 Å². The molecule has 3 aromatic rings. The molecule has 1 aromatic heterocycles. The van der Waals surface area contributed by atoms with E-state index in [0.29, 0.717) is 31.5 Å². The molecule has 2 N–H and O–H groups in total. The monoisotopic (exact) mass is 425 g/mol. The van der Waals surface area contributed by atoms with Crippen molar-refractivity contribution in [1.82, 2.24) is 4.98 Å². The number of nitrogens with two attached hydrogens (primary N) is 1. The number of benzene rings is 2. The van der Waals surface area contributed by atoms with Gasteiger partial charge in [0.1, 0.15) is 0 Å². The molecule has 1 aliphatic heterocycles. The second-order valence-corrected chi connectivity index (χ2v) is 9.34. The molecule has 0 radical (unpaired) electrons. The van der Waals surface area contributed by atoms with Gasteiger partial charge in [-0.15, -0.1) is 0 Å². The van der Waals surface area contributed by atoms with Gasteiger partial charge < -0.3 is 15.1 Å². The Hall–Kier alpha value is -3.13. The smallest absolute Gasteiger partial charge is 0.236 e.